The summed E-state index contributed by atoms with van der Waals surface area (Å²) >= 11 is 1.05. The summed E-state index contributed by atoms with van der Waals surface area (Å²) in [6.45, 7) is 7.21. The molecular formula is C31H30N6O5S. The molecule has 3 aromatic heterocycles. The van der Waals surface area contributed by atoms with Gasteiger partial charge in [-0.2, -0.15) is 4.68 Å². The van der Waals surface area contributed by atoms with Crippen molar-refractivity contribution in [1.29, 1.82) is 0 Å². The van der Waals surface area contributed by atoms with Crippen LogP contribution in [0.15, 0.2) is 79.1 Å². The van der Waals surface area contributed by atoms with E-state index in [1.54, 1.807) is 62.6 Å². The molecule has 11 nitrogen and oxygen atoms in total. The molecule has 5 rings (SSSR count). The van der Waals surface area contributed by atoms with Gasteiger partial charge in [0.1, 0.15) is 4.83 Å². The van der Waals surface area contributed by atoms with E-state index in [-0.39, 0.29) is 23.0 Å². The molecule has 0 radical (unpaired) electrons. The SMILES string of the molecule is CC(C)OC(=O)n1nc(NC(=O)c2ccccc2NC(=O)c2cc[nH]c2)c2cc(C(=O)NC(C)(C)c3ccccc3)sc21. The molecular weight excluding hydrogens is 568 g/mol. The normalized spacial score (nSPS) is 11.4. The Balaban J connectivity index is 1.46. The van der Waals surface area contributed by atoms with Crippen molar-refractivity contribution in [2.75, 3.05) is 10.6 Å². The van der Waals surface area contributed by atoms with Crippen molar-refractivity contribution in [3.8, 4) is 0 Å². The molecule has 220 valence electrons. The number of fused-ring (bicyclic) bond motifs is 1. The first-order valence-corrected chi connectivity index (χ1v) is 14.3. The Labute approximate surface area is 251 Å². The number of hydrogen-bond donors (Lipinski definition) is 4. The fourth-order valence-corrected chi connectivity index (χ4v) is 5.38. The highest BCUT2D eigenvalue weighted by atomic mass is 32.1. The van der Waals surface area contributed by atoms with Crippen LogP contribution in [-0.4, -0.2) is 44.7 Å². The van der Waals surface area contributed by atoms with Crippen LogP contribution in [0.5, 0.6) is 0 Å². The first-order chi connectivity index (χ1) is 20.5. The maximum Gasteiger partial charge on any atom is 0.436 e. The summed E-state index contributed by atoms with van der Waals surface area (Å²) < 4.78 is 6.39. The molecule has 0 bridgehead atoms. The van der Waals surface area contributed by atoms with Crippen molar-refractivity contribution in [2.24, 2.45) is 0 Å². The van der Waals surface area contributed by atoms with Crippen LogP contribution < -0.4 is 16.0 Å². The summed E-state index contributed by atoms with van der Waals surface area (Å²) in [5.41, 5.74) is 1.11. The van der Waals surface area contributed by atoms with Gasteiger partial charge in [0.15, 0.2) is 5.82 Å². The summed E-state index contributed by atoms with van der Waals surface area (Å²) in [5.74, 6) is -1.26. The van der Waals surface area contributed by atoms with Gasteiger partial charge in [-0.15, -0.1) is 16.4 Å². The van der Waals surface area contributed by atoms with E-state index in [1.807, 2.05) is 44.2 Å². The van der Waals surface area contributed by atoms with E-state index in [2.05, 4.69) is 26.0 Å². The predicted octanol–water partition coefficient (Wildman–Crippen LogP) is 5.99. The van der Waals surface area contributed by atoms with Crippen molar-refractivity contribution in [3.63, 3.8) is 0 Å². The topological polar surface area (TPSA) is 147 Å². The van der Waals surface area contributed by atoms with E-state index >= 15 is 0 Å². The van der Waals surface area contributed by atoms with Crippen molar-refractivity contribution in [2.45, 2.75) is 39.3 Å². The molecule has 0 spiro atoms. The summed E-state index contributed by atoms with van der Waals surface area (Å²) in [5, 5.41) is 13.2. The van der Waals surface area contributed by atoms with Crippen LogP contribution in [0.4, 0.5) is 16.3 Å². The molecule has 2 aromatic carbocycles. The van der Waals surface area contributed by atoms with E-state index in [4.69, 9.17) is 4.74 Å². The number of rotatable bonds is 8. The van der Waals surface area contributed by atoms with Crippen LogP contribution in [0, 0.1) is 0 Å². The number of hydrogen-bond acceptors (Lipinski definition) is 7. The Morgan fingerprint density at radius 1 is 0.930 bits per heavy atom. The zero-order valence-corrected chi connectivity index (χ0v) is 24.7. The summed E-state index contributed by atoms with van der Waals surface area (Å²) in [4.78, 5) is 55.9. The Hall–Kier alpha value is -5.23. The number of nitrogens with one attached hydrogen (secondary N) is 4. The molecule has 0 aliphatic rings. The van der Waals surface area contributed by atoms with E-state index in [1.165, 1.54) is 0 Å². The fraction of sp³-hybridized carbons (Fsp3) is 0.194. The lowest BCUT2D eigenvalue weighted by Crippen LogP contribution is -2.40. The highest BCUT2D eigenvalue weighted by Gasteiger charge is 2.28. The average molecular weight is 599 g/mol. The van der Waals surface area contributed by atoms with E-state index in [0.717, 1.165) is 21.6 Å². The maximum absolute atomic E-state index is 13.5. The fourth-order valence-electron chi connectivity index (χ4n) is 4.38. The van der Waals surface area contributed by atoms with Gasteiger partial charge in [-0.1, -0.05) is 42.5 Å². The number of para-hydroxylation sites is 1. The number of thiophene rings is 1. The number of carbonyl (C=O) groups is 4. The van der Waals surface area contributed by atoms with Gasteiger partial charge in [0, 0.05) is 12.4 Å². The first kappa shape index (κ1) is 29.3. The number of aromatic nitrogens is 3. The number of aromatic amines is 1. The molecule has 0 saturated heterocycles. The van der Waals surface area contributed by atoms with E-state index < -0.39 is 29.6 Å². The Bertz CT molecular complexity index is 1800. The van der Waals surface area contributed by atoms with Gasteiger partial charge >= 0.3 is 6.09 Å². The van der Waals surface area contributed by atoms with Crippen LogP contribution in [-0.2, 0) is 10.3 Å². The van der Waals surface area contributed by atoms with Crippen molar-refractivity contribution >= 4 is 56.9 Å². The smallest absolute Gasteiger partial charge is 0.436 e. The number of nitrogens with zero attached hydrogens (tertiary/aromatic N) is 2. The van der Waals surface area contributed by atoms with Crippen LogP contribution in [0.3, 0.4) is 0 Å². The second-order valence-electron chi connectivity index (χ2n) is 10.5. The van der Waals surface area contributed by atoms with Gasteiger partial charge in [-0.3, -0.25) is 14.4 Å². The van der Waals surface area contributed by atoms with Crippen LogP contribution >= 0.6 is 11.3 Å². The average Bonchev–Trinajstić information content (AvgIpc) is 3.72. The molecule has 12 heteroatoms. The molecule has 5 aromatic rings. The monoisotopic (exact) mass is 598 g/mol. The lowest BCUT2D eigenvalue weighted by Gasteiger charge is -2.26. The second-order valence-corrected chi connectivity index (χ2v) is 11.6. The lowest BCUT2D eigenvalue weighted by atomic mass is 9.94. The third-order valence-corrected chi connectivity index (χ3v) is 7.64. The number of benzene rings is 2. The molecule has 0 aliphatic heterocycles. The quantitative estimate of drug-likeness (QED) is 0.173. The summed E-state index contributed by atoms with van der Waals surface area (Å²) in [6.07, 6.45) is 1.99. The minimum Gasteiger partial charge on any atom is -0.445 e. The maximum atomic E-state index is 13.5. The molecule has 0 fully saturated rings. The minimum atomic E-state index is -0.752. The van der Waals surface area contributed by atoms with E-state index in [9.17, 15) is 19.2 Å². The minimum absolute atomic E-state index is 0.0603. The molecule has 0 atom stereocenters. The van der Waals surface area contributed by atoms with Crippen molar-refractivity contribution in [3.05, 3.63) is 101 Å². The number of amides is 3. The second kappa shape index (κ2) is 11.9. The van der Waals surface area contributed by atoms with Gasteiger partial charge in [0.25, 0.3) is 17.7 Å². The highest BCUT2D eigenvalue weighted by Crippen LogP contribution is 2.33. The highest BCUT2D eigenvalue weighted by molar-refractivity contribution is 7.20. The predicted molar refractivity (Wildman–Crippen MR) is 165 cm³/mol. The largest absolute Gasteiger partial charge is 0.445 e. The van der Waals surface area contributed by atoms with Crippen molar-refractivity contribution in [1.82, 2.24) is 20.1 Å². The molecule has 0 unspecified atom stereocenters. The first-order valence-electron chi connectivity index (χ1n) is 13.5. The van der Waals surface area contributed by atoms with Gasteiger partial charge in [0.2, 0.25) is 0 Å². The van der Waals surface area contributed by atoms with Gasteiger partial charge in [0.05, 0.1) is 38.7 Å². The Morgan fingerprint density at radius 2 is 1.65 bits per heavy atom. The molecule has 43 heavy (non-hydrogen) atoms. The van der Waals surface area contributed by atoms with Crippen molar-refractivity contribution < 1.29 is 23.9 Å². The van der Waals surface area contributed by atoms with E-state index in [0.29, 0.717) is 20.7 Å². The Kier molecular flexibility index (Phi) is 8.13. The number of ether oxygens (including phenoxy) is 1. The standard InChI is InChI=1S/C31H30N6O5S/c1-18(2)42-30(41)37-29-22(16-24(43-29)28(40)35-31(3,4)20-10-6-5-7-11-20)25(36-37)34-27(39)21-12-8-9-13-23(21)33-26(38)19-14-15-32-17-19/h5-18,32H,1-4H3,(H,33,38)(H,35,40)(H,34,36,39). The molecule has 3 amide bonds. The van der Waals surface area contributed by atoms with Crippen LogP contribution in [0.25, 0.3) is 10.2 Å². The summed E-state index contributed by atoms with van der Waals surface area (Å²) in [7, 11) is 0. The van der Waals surface area contributed by atoms with Crippen LogP contribution in [0.1, 0.15) is 63.6 Å². The van der Waals surface area contributed by atoms with Gasteiger partial charge in [-0.25, -0.2) is 4.79 Å². The zero-order chi connectivity index (χ0) is 30.7. The molecule has 3 heterocycles. The van der Waals surface area contributed by atoms with Gasteiger partial charge in [-0.05, 0) is 57.5 Å². The van der Waals surface area contributed by atoms with Crippen LogP contribution in [0.2, 0.25) is 0 Å². The molecule has 0 saturated carbocycles. The lowest BCUT2D eigenvalue weighted by molar-refractivity contribution is 0.0914. The number of H-pyrrole nitrogens is 1. The van der Waals surface area contributed by atoms with Gasteiger partial charge < -0.3 is 25.7 Å². The number of carbonyl (C=O) groups excluding carboxylic acids is 4. The Morgan fingerprint density at radius 3 is 2.35 bits per heavy atom. The third kappa shape index (κ3) is 6.33. The molecule has 0 aliphatic carbocycles. The summed E-state index contributed by atoms with van der Waals surface area (Å²) in [6, 6.07) is 19.3. The molecule has 4 N–H and O–H groups in total. The number of anilines is 2. The zero-order valence-electron chi connectivity index (χ0n) is 23.9. The third-order valence-electron chi connectivity index (χ3n) is 6.53.